The zero-order valence-electron chi connectivity index (χ0n) is 14.9. The van der Waals surface area contributed by atoms with Crippen molar-refractivity contribution in [2.45, 2.75) is 6.42 Å². The average Bonchev–Trinajstić information content (AvgIpc) is 2.69. The number of pyridine rings is 1. The number of halogens is 2. The van der Waals surface area contributed by atoms with Crippen molar-refractivity contribution in [3.63, 3.8) is 0 Å². The van der Waals surface area contributed by atoms with Crippen LogP contribution in [-0.4, -0.2) is 29.5 Å². The van der Waals surface area contributed by atoms with Crippen LogP contribution in [0.15, 0.2) is 42.6 Å². The van der Waals surface area contributed by atoms with Gasteiger partial charge in [0.2, 0.25) is 0 Å². The van der Waals surface area contributed by atoms with Crippen LogP contribution < -0.4 is 14.2 Å². The standard InChI is InChI=1S/C19H16ClFN2O5/c1-26-18-10-13-15(11-19(18)27-8-2-6-20)22-7-5-16(13)28-17-4-3-12(23(24)25)9-14(17)21/h3-5,7,9-11H,2,6,8H2,1H3. The van der Waals surface area contributed by atoms with Crippen molar-refractivity contribution in [1.82, 2.24) is 4.98 Å². The normalized spacial score (nSPS) is 10.7. The second-order valence-electron chi connectivity index (χ2n) is 5.69. The smallest absolute Gasteiger partial charge is 0.272 e. The number of nitro benzene ring substituents is 1. The molecule has 1 heterocycles. The van der Waals surface area contributed by atoms with Gasteiger partial charge in [0.25, 0.3) is 5.69 Å². The third-order valence-electron chi connectivity index (χ3n) is 3.87. The number of nitro groups is 1. The lowest BCUT2D eigenvalue weighted by molar-refractivity contribution is -0.385. The van der Waals surface area contributed by atoms with Crippen molar-refractivity contribution in [3.05, 3.63) is 58.5 Å². The molecule has 0 fully saturated rings. The van der Waals surface area contributed by atoms with Crippen LogP contribution in [0.5, 0.6) is 23.0 Å². The van der Waals surface area contributed by atoms with Crippen molar-refractivity contribution < 1.29 is 23.5 Å². The molecule has 28 heavy (non-hydrogen) atoms. The van der Waals surface area contributed by atoms with E-state index in [1.54, 1.807) is 18.2 Å². The Morgan fingerprint density at radius 1 is 1.14 bits per heavy atom. The minimum Gasteiger partial charge on any atom is -0.493 e. The molecule has 0 aliphatic carbocycles. The van der Waals surface area contributed by atoms with Crippen LogP contribution in [0.4, 0.5) is 10.1 Å². The summed E-state index contributed by atoms with van der Waals surface area (Å²) in [7, 11) is 1.50. The van der Waals surface area contributed by atoms with Crippen LogP contribution in [-0.2, 0) is 0 Å². The van der Waals surface area contributed by atoms with Gasteiger partial charge in [-0.25, -0.2) is 4.39 Å². The molecule has 7 nitrogen and oxygen atoms in total. The Labute approximate surface area is 164 Å². The Bertz CT molecular complexity index is 1020. The number of hydrogen-bond donors (Lipinski definition) is 0. The summed E-state index contributed by atoms with van der Waals surface area (Å²) in [5, 5.41) is 11.3. The molecule has 0 saturated heterocycles. The first-order chi connectivity index (χ1) is 13.5. The first-order valence-corrected chi connectivity index (χ1v) is 8.84. The van der Waals surface area contributed by atoms with E-state index < -0.39 is 10.7 Å². The minimum absolute atomic E-state index is 0.139. The summed E-state index contributed by atoms with van der Waals surface area (Å²) in [6.45, 7) is 0.426. The lowest BCUT2D eigenvalue weighted by Crippen LogP contribution is -2.00. The van der Waals surface area contributed by atoms with E-state index in [1.807, 2.05) is 0 Å². The fraction of sp³-hybridized carbons (Fsp3) is 0.211. The molecule has 0 bridgehead atoms. The molecule has 0 spiro atoms. The van der Waals surface area contributed by atoms with Gasteiger partial charge in [-0.15, -0.1) is 11.6 Å². The van der Waals surface area contributed by atoms with Gasteiger partial charge >= 0.3 is 0 Å². The molecule has 0 aliphatic rings. The summed E-state index contributed by atoms with van der Waals surface area (Å²) < 4.78 is 30.9. The van der Waals surface area contributed by atoms with Crippen molar-refractivity contribution in [3.8, 4) is 23.0 Å². The number of ether oxygens (including phenoxy) is 3. The summed E-state index contributed by atoms with van der Waals surface area (Å²) in [6, 6.07) is 8.13. The van der Waals surface area contributed by atoms with Crippen molar-refractivity contribution in [2.75, 3.05) is 19.6 Å². The van der Waals surface area contributed by atoms with Crippen LogP contribution >= 0.6 is 11.6 Å². The predicted molar refractivity (Wildman–Crippen MR) is 102 cm³/mol. The lowest BCUT2D eigenvalue weighted by atomic mass is 10.1. The highest BCUT2D eigenvalue weighted by molar-refractivity contribution is 6.17. The lowest BCUT2D eigenvalue weighted by Gasteiger charge is -2.14. The maximum atomic E-state index is 14.2. The number of non-ortho nitro benzene ring substituents is 1. The first-order valence-electron chi connectivity index (χ1n) is 8.30. The molecule has 2 aromatic carbocycles. The van der Waals surface area contributed by atoms with Gasteiger partial charge in [-0.05, 0) is 24.6 Å². The van der Waals surface area contributed by atoms with Crippen molar-refractivity contribution in [2.24, 2.45) is 0 Å². The summed E-state index contributed by atoms with van der Waals surface area (Å²) in [5.41, 5.74) is 0.200. The molecule has 146 valence electrons. The molecular formula is C19H16ClFN2O5. The third kappa shape index (κ3) is 4.23. The van der Waals surface area contributed by atoms with Crippen molar-refractivity contribution in [1.29, 1.82) is 0 Å². The molecule has 1 aromatic heterocycles. The number of hydrogen-bond acceptors (Lipinski definition) is 6. The van der Waals surface area contributed by atoms with Gasteiger partial charge in [0.15, 0.2) is 23.1 Å². The van der Waals surface area contributed by atoms with Gasteiger partial charge in [0.1, 0.15) is 5.75 Å². The number of fused-ring (bicyclic) bond motifs is 1. The highest BCUT2D eigenvalue weighted by Gasteiger charge is 2.15. The fourth-order valence-corrected chi connectivity index (χ4v) is 2.64. The van der Waals surface area contributed by atoms with E-state index in [0.717, 1.165) is 6.07 Å². The summed E-state index contributed by atoms with van der Waals surface area (Å²) >= 11 is 5.67. The summed E-state index contributed by atoms with van der Waals surface area (Å²) in [6.07, 6.45) is 2.19. The molecule has 0 atom stereocenters. The SMILES string of the molecule is COc1cc2c(Oc3ccc([N+](=O)[O-])cc3F)ccnc2cc1OCCCCl. The van der Waals surface area contributed by atoms with E-state index >= 15 is 0 Å². The fourth-order valence-electron chi connectivity index (χ4n) is 2.53. The Kier molecular flexibility index (Phi) is 6.10. The second-order valence-corrected chi connectivity index (χ2v) is 6.07. The van der Waals surface area contributed by atoms with E-state index in [1.165, 1.54) is 25.4 Å². The van der Waals surface area contributed by atoms with E-state index in [4.69, 9.17) is 25.8 Å². The van der Waals surface area contributed by atoms with E-state index in [2.05, 4.69) is 4.98 Å². The van der Waals surface area contributed by atoms with Gasteiger partial charge in [0, 0.05) is 29.6 Å². The molecule has 0 aliphatic heterocycles. The van der Waals surface area contributed by atoms with E-state index in [9.17, 15) is 14.5 Å². The van der Waals surface area contributed by atoms with Crippen LogP contribution in [0.25, 0.3) is 10.9 Å². The number of benzene rings is 2. The molecule has 3 aromatic rings. The maximum Gasteiger partial charge on any atom is 0.272 e. The van der Waals surface area contributed by atoms with Crippen LogP contribution in [0.2, 0.25) is 0 Å². The first kappa shape index (κ1) is 19.6. The number of aromatic nitrogens is 1. The minimum atomic E-state index is -0.841. The second kappa shape index (κ2) is 8.71. The number of nitrogens with zero attached hydrogens (tertiary/aromatic N) is 2. The van der Waals surface area contributed by atoms with Gasteiger partial charge < -0.3 is 14.2 Å². The zero-order valence-corrected chi connectivity index (χ0v) is 15.6. The quantitative estimate of drug-likeness (QED) is 0.224. The van der Waals surface area contributed by atoms with Crippen LogP contribution in [0.1, 0.15) is 6.42 Å². The van der Waals surface area contributed by atoms with Gasteiger partial charge in [0.05, 0.1) is 30.2 Å². The van der Waals surface area contributed by atoms with E-state index in [0.29, 0.717) is 47.1 Å². The molecule has 0 unspecified atom stereocenters. The molecular weight excluding hydrogens is 391 g/mol. The third-order valence-corrected chi connectivity index (χ3v) is 4.14. The Hall–Kier alpha value is -3.13. The van der Waals surface area contributed by atoms with Gasteiger partial charge in [-0.2, -0.15) is 0 Å². The molecule has 0 saturated carbocycles. The molecule has 9 heteroatoms. The highest BCUT2D eigenvalue weighted by Crippen LogP contribution is 2.37. The Balaban J connectivity index is 1.97. The molecule has 0 amide bonds. The van der Waals surface area contributed by atoms with E-state index in [-0.39, 0.29) is 11.4 Å². The van der Waals surface area contributed by atoms with Crippen LogP contribution in [0, 0.1) is 15.9 Å². The Morgan fingerprint density at radius 3 is 2.64 bits per heavy atom. The number of alkyl halides is 1. The Morgan fingerprint density at radius 2 is 1.96 bits per heavy atom. The van der Waals surface area contributed by atoms with Gasteiger partial charge in [-0.1, -0.05) is 0 Å². The number of methoxy groups -OCH3 is 1. The summed E-state index contributed by atoms with van der Waals surface area (Å²) in [5.74, 6) is 0.790. The van der Waals surface area contributed by atoms with Crippen LogP contribution in [0.3, 0.4) is 0 Å². The topological polar surface area (TPSA) is 83.7 Å². The van der Waals surface area contributed by atoms with Crippen molar-refractivity contribution >= 4 is 28.2 Å². The monoisotopic (exact) mass is 406 g/mol. The maximum absolute atomic E-state index is 14.2. The average molecular weight is 407 g/mol. The molecule has 0 radical (unpaired) electrons. The predicted octanol–water partition coefficient (Wildman–Crippen LogP) is 5.09. The molecule has 0 N–H and O–H groups in total. The van der Waals surface area contributed by atoms with Gasteiger partial charge in [-0.3, -0.25) is 15.1 Å². The number of rotatable bonds is 8. The summed E-state index contributed by atoms with van der Waals surface area (Å²) in [4.78, 5) is 14.4. The largest absolute Gasteiger partial charge is 0.493 e. The zero-order chi connectivity index (χ0) is 20.1. The highest BCUT2D eigenvalue weighted by atomic mass is 35.5. The molecule has 3 rings (SSSR count).